The molecule has 4 nitrogen and oxygen atoms in total. The summed E-state index contributed by atoms with van der Waals surface area (Å²) in [6.07, 6.45) is 6.14. The van der Waals surface area contributed by atoms with Gasteiger partial charge < -0.3 is 16.5 Å². The number of hydrogen-bond acceptors (Lipinski definition) is 3. The van der Waals surface area contributed by atoms with Gasteiger partial charge in [-0.2, -0.15) is 6.42 Å². The minimum absolute atomic E-state index is 0. The van der Waals surface area contributed by atoms with E-state index in [0.29, 0.717) is 0 Å². The van der Waals surface area contributed by atoms with Gasteiger partial charge >= 0.3 is 0 Å². The normalized spacial score (nSPS) is 19.8. The Morgan fingerprint density at radius 2 is 1.38 bits per heavy atom. The molecule has 0 aromatic heterocycles. The molecule has 0 saturated carbocycles. The number of hydrogen-bond donors (Lipinski definition) is 0. The fourth-order valence-electron chi connectivity index (χ4n) is 1.22. The van der Waals surface area contributed by atoms with Crippen LogP contribution in [0.15, 0.2) is 15.0 Å². The molecule has 0 aromatic carbocycles. The van der Waals surface area contributed by atoms with Gasteiger partial charge in [-0.15, -0.1) is 13.1 Å². The molecular weight excluding hydrogens is 277 g/mol. The molecule has 1 radical (unpaired) electrons. The number of aliphatic imine (C=N–C) groups is 3. The predicted octanol–water partition coefficient (Wildman–Crippen LogP) is 1.38. The van der Waals surface area contributed by atoms with Gasteiger partial charge in [-0.25, -0.2) is 0 Å². The van der Waals surface area contributed by atoms with Crippen molar-refractivity contribution in [3.63, 3.8) is 0 Å². The van der Waals surface area contributed by atoms with Gasteiger partial charge in [0.1, 0.15) is 0 Å². The summed E-state index contributed by atoms with van der Waals surface area (Å²) in [5, 5.41) is 4.35. The second kappa shape index (κ2) is 8.21. The molecule has 0 unspecified atom stereocenters. The minimum Gasteiger partial charge on any atom is -0.653 e. The van der Waals surface area contributed by atoms with Crippen LogP contribution < -0.4 is 0 Å². The molecule has 0 bridgehead atoms. The van der Waals surface area contributed by atoms with E-state index >= 15 is 0 Å². The maximum atomic E-state index is 4.35. The largest absolute Gasteiger partial charge is 0.653 e. The van der Waals surface area contributed by atoms with Crippen molar-refractivity contribution in [2.45, 2.75) is 19.3 Å². The van der Waals surface area contributed by atoms with E-state index in [-0.39, 0.29) is 32.7 Å². The van der Waals surface area contributed by atoms with Crippen LogP contribution in [0.3, 0.4) is 0 Å². The molecule has 85 valence electrons. The smallest absolute Gasteiger partial charge is 0.0439 e. The van der Waals surface area contributed by atoms with Crippen LogP contribution in [0.2, 0.25) is 0 Å². The number of rotatable bonds is 4. The van der Waals surface area contributed by atoms with Gasteiger partial charge in [-0.1, -0.05) is 0 Å². The van der Waals surface area contributed by atoms with E-state index in [2.05, 4.69) is 26.5 Å². The summed E-state index contributed by atoms with van der Waals surface area (Å²) >= 11 is 0. The van der Waals surface area contributed by atoms with Gasteiger partial charge in [-0.05, 0) is 18.0 Å². The first-order chi connectivity index (χ1) is 7.45. The van der Waals surface area contributed by atoms with Crippen molar-refractivity contribution in [2.24, 2.45) is 15.0 Å². The third kappa shape index (κ3) is 4.94. The summed E-state index contributed by atoms with van der Waals surface area (Å²) in [5.41, 5.74) is 2.54. The molecule has 0 saturated heterocycles. The van der Waals surface area contributed by atoms with Gasteiger partial charge in [0.05, 0.1) is 0 Å². The van der Waals surface area contributed by atoms with Crippen LogP contribution in [0.25, 0.3) is 5.32 Å². The summed E-state index contributed by atoms with van der Waals surface area (Å²) in [6, 6.07) is 0. The first kappa shape index (κ1) is 14.1. The van der Waals surface area contributed by atoms with Crippen LogP contribution in [0.4, 0.5) is 0 Å². The average Bonchev–Trinajstić information content (AvgIpc) is 1.93. The third-order valence-electron chi connectivity index (χ3n) is 2.51. The summed E-state index contributed by atoms with van der Waals surface area (Å²) in [4.78, 5) is 12.1. The van der Waals surface area contributed by atoms with E-state index < -0.39 is 0 Å². The second-order valence-corrected chi connectivity index (χ2v) is 3.73. The Bertz CT molecular complexity index is 268. The summed E-state index contributed by atoms with van der Waals surface area (Å²) in [7, 11) is 0. The maximum absolute atomic E-state index is 4.35. The van der Waals surface area contributed by atoms with Crippen molar-refractivity contribution in [2.75, 3.05) is 32.7 Å². The second-order valence-electron chi connectivity index (χ2n) is 3.73. The van der Waals surface area contributed by atoms with Crippen molar-refractivity contribution in [3.05, 3.63) is 5.32 Å². The summed E-state index contributed by atoms with van der Waals surface area (Å²) in [6.45, 7) is 4.75. The van der Waals surface area contributed by atoms with E-state index in [0.717, 1.165) is 52.0 Å². The molecule has 3 aliphatic rings. The average molecular weight is 293 g/mol. The molecule has 3 aliphatic heterocycles. The van der Waals surface area contributed by atoms with Crippen LogP contribution in [0.5, 0.6) is 0 Å². The predicted molar refractivity (Wildman–Crippen MR) is 63.9 cm³/mol. The molecule has 0 fully saturated rings. The van der Waals surface area contributed by atoms with Gasteiger partial charge in [0.25, 0.3) is 0 Å². The van der Waals surface area contributed by atoms with E-state index in [1.54, 1.807) is 0 Å². The zero-order chi connectivity index (χ0) is 10.3. The molecule has 0 atom stereocenters. The van der Waals surface area contributed by atoms with Gasteiger partial charge in [0.15, 0.2) is 0 Å². The van der Waals surface area contributed by atoms with Crippen molar-refractivity contribution >= 4 is 17.6 Å². The number of nitrogens with zero attached hydrogens (tertiary/aromatic N) is 4. The topological polar surface area (TPSA) is 51.2 Å². The Morgan fingerprint density at radius 1 is 1.00 bits per heavy atom. The molecule has 0 aliphatic carbocycles. The van der Waals surface area contributed by atoms with Crippen LogP contribution >= 0.6 is 0 Å². The van der Waals surface area contributed by atoms with Gasteiger partial charge in [0.2, 0.25) is 0 Å². The molecule has 0 amide bonds. The SMILES string of the molecule is C1CC(C[N-]CC2=NCC2)=N1.[C-]1=NCC1.[Y]. The van der Waals surface area contributed by atoms with E-state index in [1.165, 1.54) is 11.4 Å². The standard InChI is InChI=1S/C8H12N3.C3H4N.Y/c1-3-10-7(1)5-9-6-8-2-4-11-8;1-2-4-3-1;/h1-6H2;1-2H2;/q2*-1;. The Morgan fingerprint density at radius 3 is 1.56 bits per heavy atom. The molecule has 5 heteroatoms. The first-order valence-corrected chi connectivity index (χ1v) is 5.52. The van der Waals surface area contributed by atoms with Crippen LogP contribution in [-0.2, 0) is 32.7 Å². The van der Waals surface area contributed by atoms with Crippen LogP contribution in [-0.4, -0.2) is 50.4 Å². The minimum atomic E-state index is 0. The fraction of sp³-hybridized carbons (Fsp3) is 0.727. The Labute approximate surface area is 122 Å². The van der Waals surface area contributed by atoms with Crippen molar-refractivity contribution < 1.29 is 32.7 Å². The zero-order valence-corrected chi connectivity index (χ0v) is 12.4. The Kier molecular flexibility index (Phi) is 7.25. The van der Waals surface area contributed by atoms with E-state index in [4.69, 9.17) is 0 Å². The quantitative estimate of drug-likeness (QED) is 0.703. The molecule has 0 N–H and O–H groups in total. The third-order valence-corrected chi connectivity index (χ3v) is 2.51. The molecule has 0 aromatic rings. The van der Waals surface area contributed by atoms with Crippen LogP contribution in [0, 0.1) is 0 Å². The van der Waals surface area contributed by atoms with E-state index in [9.17, 15) is 0 Å². The monoisotopic (exact) mass is 293 g/mol. The van der Waals surface area contributed by atoms with Gasteiger partial charge in [-0.3, -0.25) is 9.98 Å². The first-order valence-electron chi connectivity index (χ1n) is 5.52. The van der Waals surface area contributed by atoms with Crippen molar-refractivity contribution in [3.8, 4) is 0 Å². The maximum Gasteiger partial charge on any atom is 0.0439 e. The fourth-order valence-corrected chi connectivity index (χ4v) is 1.22. The van der Waals surface area contributed by atoms with E-state index in [1.807, 2.05) is 0 Å². The van der Waals surface area contributed by atoms with Gasteiger partial charge in [0, 0.05) is 58.6 Å². The van der Waals surface area contributed by atoms with Crippen molar-refractivity contribution in [1.29, 1.82) is 0 Å². The molecule has 3 heterocycles. The molecule has 3 rings (SSSR count). The van der Waals surface area contributed by atoms with Crippen LogP contribution in [0.1, 0.15) is 19.3 Å². The summed E-state index contributed by atoms with van der Waals surface area (Å²) < 4.78 is 0. The molecule has 16 heavy (non-hydrogen) atoms. The zero-order valence-electron chi connectivity index (χ0n) is 9.52. The van der Waals surface area contributed by atoms with Crippen molar-refractivity contribution in [1.82, 2.24) is 0 Å². The Balaban J connectivity index is 0.000000219. The molecule has 0 spiro atoms. The molecular formula is C11H16N4Y-2. The Hall–Kier alpha value is 0.0739. The summed E-state index contributed by atoms with van der Waals surface area (Å²) in [5.74, 6) is 0.